The zero-order valence-corrected chi connectivity index (χ0v) is 11.4. The molecule has 2 N–H and O–H groups in total. The Hall–Kier alpha value is -1.10. The highest BCUT2D eigenvalue weighted by atomic mass is 16.5. The first-order valence-electron chi connectivity index (χ1n) is 6.37. The second-order valence-corrected chi connectivity index (χ2v) is 5.71. The van der Waals surface area contributed by atoms with Gasteiger partial charge in [-0.1, -0.05) is 0 Å². The van der Waals surface area contributed by atoms with E-state index in [1.807, 2.05) is 0 Å². The van der Waals surface area contributed by atoms with Crippen molar-refractivity contribution in [3.63, 3.8) is 0 Å². The Kier molecular flexibility index (Phi) is 4.73. The van der Waals surface area contributed by atoms with Crippen LogP contribution >= 0.6 is 0 Å². The summed E-state index contributed by atoms with van der Waals surface area (Å²) in [7, 11) is 1.64. The van der Waals surface area contributed by atoms with Crippen LogP contribution in [0.15, 0.2) is 0 Å². The Morgan fingerprint density at radius 1 is 1.39 bits per heavy atom. The zero-order valence-electron chi connectivity index (χ0n) is 11.4. The van der Waals surface area contributed by atoms with Gasteiger partial charge in [-0.25, -0.2) is 0 Å². The van der Waals surface area contributed by atoms with Crippen LogP contribution in [0.3, 0.4) is 0 Å². The Balaban J connectivity index is 2.27. The number of nitrogens with one attached hydrogen (secondary N) is 1. The molecule has 5 heteroatoms. The van der Waals surface area contributed by atoms with Crippen LogP contribution in [0.25, 0.3) is 0 Å². The van der Waals surface area contributed by atoms with Crippen molar-refractivity contribution in [3.8, 4) is 0 Å². The molecule has 0 aromatic rings. The number of methoxy groups -OCH3 is 1. The molecule has 0 unspecified atom stereocenters. The lowest BCUT2D eigenvalue weighted by Gasteiger charge is -2.39. The first kappa shape index (κ1) is 15.0. The molecular weight excluding hydrogens is 234 g/mol. The van der Waals surface area contributed by atoms with Gasteiger partial charge in [-0.2, -0.15) is 0 Å². The summed E-state index contributed by atoms with van der Waals surface area (Å²) >= 11 is 0. The van der Waals surface area contributed by atoms with Crippen LogP contribution in [0.5, 0.6) is 0 Å². The van der Waals surface area contributed by atoms with Crippen LogP contribution in [0.2, 0.25) is 0 Å². The van der Waals surface area contributed by atoms with Gasteiger partial charge >= 0.3 is 5.97 Å². The van der Waals surface area contributed by atoms with Crippen LogP contribution in [-0.2, 0) is 14.3 Å². The van der Waals surface area contributed by atoms with Crippen molar-refractivity contribution in [1.29, 1.82) is 0 Å². The van der Waals surface area contributed by atoms with E-state index in [2.05, 4.69) is 5.32 Å². The van der Waals surface area contributed by atoms with Crippen LogP contribution < -0.4 is 5.32 Å². The van der Waals surface area contributed by atoms with Gasteiger partial charge < -0.3 is 15.2 Å². The largest absolute Gasteiger partial charge is 0.481 e. The molecule has 1 fully saturated rings. The average Bonchev–Trinajstić information content (AvgIpc) is 2.23. The second kappa shape index (κ2) is 5.69. The van der Waals surface area contributed by atoms with Gasteiger partial charge in [0, 0.05) is 13.7 Å². The average molecular weight is 257 g/mol. The highest BCUT2D eigenvalue weighted by Gasteiger charge is 2.39. The molecule has 1 aliphatic rings. The molecule has 0 atom stereocenters. The first-order valence-corrected chi connectivity index (χ1v) is 6.37. The van der Waals surface area contributed by atoms with Crippen LogP contribution in [0, 0.1) is 5.41 Å². The third-order valence-corrected chi connectivity index (χ3v) is 3.83. The van der Waals surface area contributed by atoms with E-state index in [1.165, 1.54) is 0 Å². The van der Waals surface area contributed by atoms with E-state index >= 15 is 0 Å². The summed E-state index contributed by atoms with van der Waals surface area (Å²) < 4.78 is 5.37. The van der Waals surface area contributed by atoms with E-state index in [1.54, 1.807) is 21.0 Å². The molecule has 0 bridgehead atoms. The molecule has 104 valence electrons. The van der Waals surface area contributed by atoms with E-state index in [4.69, 9.17) is 9.84 Å². The molecule has 0 saturated heterocycles. The summed E-state index contributed by atoms with van der Waals surface area (Å²) in [6.45, 7) is 3.70. The molecule has 0 aliphatic heterocycles. The van der Waals surface area contributed by atoms with Crippen molar-refractivity contribution in [2.45, 2.75) is 51.6 Å². The van der Waals surface area contributed by atoms with Crippen molar-refractivity contribution in [1.82, 2.24) is 5.32 Å². The molecule has 5 nitrogen and oxygen atoms in total. The van der Waals surface area contributed by atoms with E-state index < -0.39 is 11.4 Å². The Morgan fingerprint density at radius 2 is 2.00 bits per heavy atom. The van der Waals surface area contributed by atoms with Gasteiger partial charge in [-0.3, -0.25) is 9.59 Å². The molecule has 1 amide bonds. The second-order valence-electron chi connectivity index (χ2n) is 5.71. The van der Waals surface area contributed by atoms with Crippen molar-refractivity contribution in [2.24, 2.45) is 5.41 Å². The Bertz CT molecular complexity index is 315. The SMILES string of the molecule is COC1(CC(=O)NCCC(C)(C)C(=O)O)CCC1. The number of carbonyl (C=O) groups is 2. The number of hydrogen-bond acceptors (Lipinski definition) is 3. The summed E-state index contributed by atoms with van der Waals surface area (Å²) in [5.74, 6) is -0.901. The number of hydrogen-bond donors (Lipinski definition) is 2. The predicted molar refractivity (Wildman–Crippen MR) is 67.3 cm³/mol. The lowest BCUT2D eigenvalue weighted by Crippen LogP contribution is -2.44. The maximum absolute atomic E-state index is 11.7. The molecule has 1 saturated carbocycles. The van der Waals surface area contributed by atoms with Crippen molar-refractivity contribution >= 4 is 11.9 Å². The maximum Gasteiger partial charge on any atom is 0.309 e. The maximum atomic E-state index is 11.7. The molecule has 0 spiro atoms. The van der Waals surface area contributed by atoms with Crippen molar-refractivity contribution in [2.75, 3.05) is 13.7 Å². The first-order chi connectivity index (χ1) is 8.31. The van der Waals surface area contributed by atoms with Crippen LogP contribution in [0.1, 0.15) is 46.0 Å². The van der Waals surface area contributed by atoms with E-state index in [9.17, 15) is 9.59 Å². The number of rotatable bonds is 7. The number of carboxylic acids is 1. The standard InChI is InChI=1S/C13H23NO4/c1-12(2,11(16)17)7-8-14-10(15)9-13(18-3)5-4-6-13/h4-9H2,1-3H3,(H,14,15)(H,16,17). The Labute approximate surface area is 108 Å². The highest BCUT2D eigenvalue weighted by Crippen LogP contribution is 2.37. The number of ether oxygens (including phenoxy) is 1. The molecule has 0 aromatic carbocycles. The van der Waals surface area contributed by atoms with Gasteiger partial charge in [-0.05, 0) is 39.5 Å². The third-order valence-electron chi connectivity index (χ3n) is 3.83. The summed E-state index contributed by atoms with van der Waals surface area (Å²) in [5.41, 5.74) is -1.07. The molecule has 0 aromatic heterocycles. The summed E-state index contributed by atoms with van der Waals surface area (Å²) in [6.07, 6.45) is 3.76. The number of aliphatic carboxylic acids is 1. The lowest BCUT2D eigenvalue weighted by molar-refractivity contribution is -0.147. The molecular formula is C13H23NO4. The lowest BCUT2D eigenvalue weighted by atomic mass is 9.77. The fourth-order valence-electron chi connectivity index (χ4n) is 2.00. The number of carboxylic acid groups (broad SMARTS) is 1. The molecule has 18 heavy (non-hydrogen) atoms. The molecule has 1 aliphatic carbocycles. The van der Waals surface area contributed by atoms with Crippen LogP contribution in [-0.4, -0.2) is 36.2 Å². The minimum absolute atomic E-state index is 0.0576. The minimum Gasteiger partial charge on any atom is -0.481 e. The number of carbonyl (C=O) groups excluding carboxylic acids is 1. The quantitative estimate of drug-likeness (QED) is 0.725. The minimum atomic E-state index is -0.843. The fourth-order valence-corrected chi connectivity index (χ4v) is 2.00. The fraction of sp³-hybridized carbons (Fsp3) is 0.846. The van der Waals surface area contributed by atoms with Gasteiger partial charge in [0.15, 0.2) is 0 Å². The normalized spacial score (nSPS) is 17.9. The van der Waals surface area contributed by atoms with E-state index in [-0.39, 0.29) is 11.5 Å². The predicted octanol–water partition coefficient (Wildman–Crippen LogP) is 1.56. The molecule has 1 rings (SSSR count). The third kappa shape index (κ3) is 3.70. The Morgan fingerprint density at radius 3 is 2.39 bits per heavy atom. The van der Waals surface area contributed by atoms with Gasteiger partial charge in [0.2, 0.25) is 5.91 Å². The highest BCUT2D eigenvalue weighted by molar-refractivity contribution is 5.77. The summed E-state index contributed by atoms with van der Waals surface area (Å²) in [4.78, 5) is 22.6. The topological polar surface area (TPSA) is 75.6 Å². The van der Waals surface area contributed by atoms with E-state index in [0.717, 1.165) is 19.3 Å². The monoisotopic (exact) mass is 257 g/mol. The van der Waals surface area contributed by atoms with Crippen LogP contribution in [0.4, 0.5) is 0 Å². The van der Waals surface area contributed by atoms with Gasteiger partial charge in [0.25, 0.3) is 0 Å². The zero-order chi connectivity index (χ0) is 13.8. The van der Waals surface area contributed by atoms with Crippen molar-refractivity contribution in [3.05, 3.63) is 0 Å². The summed E-state index contributed by atoms with van der Waals surface area (Å²) in [5, 5.41) is 11.7. The van der Waals surface area contributed by atoms with Gasteiger partial charge in [-0.15, -0.1) is 0 Å². The summed E-state index contributed by atoms with van der Waals surface area (Å²) in [6, 6.07) is 0. The number of amides is 1. The smallest absolute Gasteiger partial charge is 0.309 e. The van der Waals surface area contributed by atoms with Gasteiger partial charge in [0.05, 0.1) is 17.4 Å². The van der Waals surface area contributed by atoms with E-state index in [0.29, 0.717) is 19.4 Å². The molecule has 0 radical (unpaired) electrons. The van der Waals surface area contributed by atoms with Crippen molar-refractivity contribution < 1.29 is 19.4 Å². The molecule has 0 heterocycles. The van der Waals surface area contributed by atoms with Gasteiger partial charge in [0.1, 0.15) is 0 Å².